The fourth-order valence-electron chi connectivity index (χ4n) is 3.98. The lowest BCUT2D eigenvalue weighted by molar-refractivity contribution is -0.0949. The highest BCUT2D eigenvalue weighted by Gasteiger charge is 2.39. The van der Waals surface area contributed by atoms with Gasteiger partial charge in [-0.3, -0.25) is 0 Å². The molecular weight excluding hydrogens is 248 g/mol. The molecule has 2 atom stereocenters. The second-order valence-corrected chi connectivity index (χ2v) is 6.60. The molecule has 0 bridgehead atoms. The molecule has 1 aliphatic heterocycles. The van der Waals surface area contributed by atoms with Gasteiger partial charge < -0.3 is 9.84 Å². The minimum absolute atomic E-state index is 0.209. The van der Waals surface area contributed by atoms with Gasteiger partial charge in [-0.2, -0.15) is 0 Å². The minimum atomic E-state index is -0.307. The fourth-order valence-corrected chi connectivity index (χ4v) is 3.98. The highest BCUT2D eigenvalue weighted by atomic mass is 16.5. The lowest BCUT2D eigenvalue weighted by Gasteiger charge is -2.38. The maximum atomic E-state index is 10.3. The third kappa shape index (κ3) is 3.24. The van der Waals surface area contributed by atoms with Gasteiger partial charge in [0.05, 0.1) is 11.7 Å². The van der Waals surface area contributed by atoms with Crippen LogP contribution in [0.4, 0.5) is 0 Å². The van der Waals surface area contributed by atoms with E-state index in [1.807, 2.05) is 30.3 Å². The molecule has 1 aliphatic carbocycles. The van der Waals surface area contributed by atoms with Crippen LogP contribution in [0, 0.1) is 5.92 Å². The van der Waals surface area contributed by atoms with E-state index in [1.165, 1.54) is 38.5 Å². The number of rotatable bonds is 4. The molecule has 2 nitrogen and oxygen atoms in total. The summed E-state index contributed by atoms with van der Waals surface area (Å²) in [7, 11) is 0. The Labute approximate surface area is 122 Å². The molecule has 1 aromatic rings. The first-order valence-corrected chi connectivity index (χ1v) is 8.14. The zero-order valence-electron chi connectivity index (χ0n) is 12.3. The standard InChI is InChI=1S/C18H26O2/c19-17(16-6-2-1-3-7-16)9-8-15-10-13-20-18(14-15)11-4-5-12-18/h1-3,6-7,15,17,19H,4-5,8-14H2. The predicted molar refractivity (Wildman–Crippen MR) is 80.5 cm³/mol. The molecule has 110 valence electrons. The van der Waals surface area contributed by atoms with Gasteiger partial charge in [0, 0.05) is 6.61 Å². The molecule has 1 saturated heterocycles. The molecule has 2 fully saturated rings. The minimum Gasteiger partial charge on any atom is -0.388 e. The van der Waals surface area contributed by atoms with Crippen molar-refractivity contribution in [2.75, 3.05) is 6.61 Å². The first kappa shape index (κ1) is 14.1. The molecule has 1 spiro atoms. The average molecular weight is 274 g/mol. The lowest BCUT2D eigenvalue weighted by Crippen LogP contribution is -2.37. The Balaban J connectivity index is 1.51. The summed E-state index contributed by atoms with van der Waals surface area (Å²) >= 11 is 0. The summed E-state index contributed by atoms with van der Waals surface area (Å²) in [6, 6.07) is 10.0. The van der Waals surface area contributed by atoms with Crippen LogP contribution in [0.1, 0.15) is 63.0 Å². The van der Waals surface area contributed by atoms with Gasteiger partial charge in [0.15, 0.2) is 0 Å². The van der Waals surface area contributed by atoms with Gasteiger partial charge in [-0.25, -0.2) is 0 Å². The summed E-state index contributed by atoms with van der Waals surface area (Å²) < 4.78 is 6.09. The molecule has 2 aliphatic rings. The first-order chi connectivity index (χ1) is 9.77. The Hall–Kier alpha value is -0.860. The van der Waals surface area contributed by atoms with Crippen LogP contribution in [0.15, 0.2) is 30.3 Å². The van der Waals surface area contributed by atoms with E-state index in [1.54, 1.807) is 0 Å². The molecule has 1 saturated carbocycles. The number of hydrogen-bond donors (Lipinski definition) is 1. The fraction of sp³-hybridized carbons (Fsp3) is 0.667. The van der Waals surface area contributed by atoms with E-state index in [4.69, 9.17) is 4.74 Å². The highest BCUT2D eigenvalue weighted by molar-refractivity contribution is 5.17. The number of benzene rings is 1. The van der Waals surface area contributed by atoms with Crippen molar-refractivity contribution in [3.05, 3.63) is 35.9 Å². The second-order valence-electron chi connectivity index (χ2n) is 6.60. The number of aliphatic hydroxyl groups is 1. The number of ether oxygens (including phenoxy) is 1. The van der Waals surface area contributed by atoms with Crippen molar-refractivity contribution in [3.8, 4) is 0 Å². The second kappa shape index (κ2) is 6.28. The van der Waals surface area contributed by atoms with Crippen molar-refractivity contribution < 1.29 is 9.84 Å². The Kier molecular flexibility index (Phi) is 4.42. The van der Waals surface area contributed by atoms with Gasteiger partial charge in [0.1, 0.15) is 0 Å². The Bertz CT molecular complexity index is 409. The maximum absolute atomic E-state index is 10.3. The van der Waals surface area contributed by atoms with Crippen molar-refractivity contribution in [1.82, 2.24) is 0 Å². The van der Waals surface area contributed by atoms with Crippen molar-refractivity contribution in [1.29, 1.82) is 0 Å². The molecule has 3 rings (SSSR count). The van der Waals surface area contributed by atoms with E-state index in [-0.39, 0.29) is 11.7 Å². The number of hydrogen-bond acceptors (Lipinski definition) is 2. The van der Waals surface area contributed by atoms with E-state index in [0.717, 1.165) is 30.9 Å². The van der Waals surface area contributed by atoms with E-state index >= 15 is 0 Å². The van der Waals surface area contributed by atoms with Crippen molar-refractivity contribution >= 4 is 0 Å². The third-order valence-corrected chi connectivity index (χ3v) is 5.14. The average Bonchev–Trinajstić information content (AvgIpc) is 2.93. The summed E-state index contributed by atoms with van der Waals surface area (Å²) in [5, 5.41) is 10.3. The normalized spacial score (nSPS) is 26.8. The Morgan fingerprint density at radius 1 is 1.20 bits per heavy atom. The van der Waals surface area contributed by atoms with E-state index in [9.17, 15) is 5.11 Å². The van der Waals surface area contributed by atoms with Crippen molar-refractivity contribution in [2.24, 2.45) is 5.92 Å². The summed E-state index contributed by atoms with van der Waals surface area (Å²) in [4.78, 5) is 0. The van der Waals surface area contributed by atoms with Gasteiger partial charge in [0.25, 0.3) is 0 Å². The molecule has 0 amide bonds. The van der Waals surface area contributed by atoms with E-state index < -0.39 is 0 Å². The topological polar surface area (TPSA) is 29.5 Å². The zero-order valence-corrected chi connectivity index (χ0v) is 12.3. The van der Waals surface area contributed by atoms with E-state index in [2.05, 4.69) is 0 Å². The molecule has 1 aromatic carbocycles. The summed E-state index contributed by atoms with van der Waals surface area (Å²) in [6.07, 6.45) is 9.26. The Morgan fingerprint density at radius 3 is 2.70 bits per heavy atom. The zero-order chi connectivity index (χ0) is 13.8. The van der Waals surface area contributed by atoms with E-state index in [0.29, 0.717) is 0 Å². The molecule has 2 unspecified atom stereocenters. The molecule has 1 N–H and O–H groups in total. The molecule has 1 heterocycles. The van der Waals surface area contributed by atoms with Crippen LogP contribution in [0.2, 0.25) is 0 Å². The summed E-state index contributed by atoms with van der Waals surface area (Å²) in [5.41, 5.74) is 1.26. The van der Waals surface area contributed by atoms with Gasteiger partial charge in [-0.05, 0) is 50.0 Å². The van der Waals surface area contributed by atoms with Crippen LogP contribution in [0.5, 0.6) is 0 Å². The van der Waals surface area contributed by atoms with Crippen LogP contribution in [-0.2, 0) is 4.74 Å². The van der Waals surface area contributed by atoms with Crippen molar-refractivity contribution in [3.63, 3.8) is 0 Å². The largest absolute Gasteiger partial charge is 0.388 e. The first-order valence-electron chi connectivity index (χ1n) is 8.14. The van der Waals surface area contributed by atoms with Gasteiger partial charge in [-0.15, -0.1) is 0 Å². The van der Waals surface area contributed by atoms with Crippen LogP contribution in [0.3, 0.4) is 0 Å². The van der Waals surface area contributed by atoms with Crippen LogP contribution in [0.25, 0.3) is 0 Å². The summed E-state index contributed by atoms with van der Waals surface area (Å²) in [6.45, 7) is 0.923. The molecule has 2 heteroatoms. The monoisotopic (exact) mass is 274 g/mol. The van der Waals surface area contributed by atoms with Crippen molar-refractivity contribution in [2.45, 2.75) is 63.1 Å². The van der Waals surface area contributed by atoms with Gasteiger partial charge in [0.2, 0.25) is 0 Å². The smallest absolute Gasteiger partial charge is 0.0790 e. The van der Waals surface area contributed by atoms with Crippen LogP contribution in [-0.4, -0.2) is 17.3 Å². The SMILES string of the molecule is OC(CCC1CCOC2(CCCC2)C1)c1ccccc1. The molecule has 0 aromatic heterocycles. The van der Waals surface area contributed by atoms with Gasteiger partial charge in [-0.1, -0.05) is 43.2 Å². The van der Waals surface area contributed by atoms with Crippen LogP contribution < -0.4 is 0 Å². The number of aliphatic hydroxyl groups excluding tert-OH is 1. The molecule has 0 radical (unpaired) electrons. The highest BCUT2D eigenvalue weighted by Crippen LogP contribution is 2.43. The summed E-state index contributed by atoms with van der Waals surface area (Å²) in [5.74, 6) is 0.736. The van der Waals surface area contributed by atoms with Crippen LogP contribution >= 0.6 is 0 Å². The Morgan fingerprint density at radius 2 is 1.95 bits per heavy atom. The predicted octanol–water partition coefficient (Wildman–Crippen LogP) is 4.24. The third-order valence-electron chi connectivity index (χ3n) is 5.14. The van der Waals surface area contributed by atoms with Gasteiger partial charge >= 0.3 is 0 Å². The molecular formula is C18H26O2. The lowest BCUT2D eigenvalue weighted by atomic mass is 9.81. The molecule has 20 heavy (non-hydrogen) atoms. The maximum Gasteiger partial charge on any atom is 0.0790 e. The quantitative estimate of drug-likeness (QED) is 0.890.